The van der Waals surface area contributed by atoms with Crippen LogP contribution in [0.4, 0.5) is 0 Å². The van der Waals surface area contributed by atoms with Gasteiger partial charge in [0.15, 0.2) is 0 Å². The van der Waals surface area contributed by atoms with E-state index in [1.165, 1.54) is 18.7 Å². The van der Waals surface area contributed by atoms with E-state index >= 15 is 0 Å². The average Bonchev–Trinajstić information content (AvgIpc) is 2.87. The summed E-state index contributed by atoms with van der Waals surface area (Å²) in [6.45, 7) is 3.88. The minimum atomic E-state index is 0.513. The number of nitrogens with one attached hydrogen (secondary N) is 1. The molecule has 1 N–H and O–H groups in total. The number of aryl methyl sites for hydroxylation is 1. The molecule has 0 bridgehead atoms. The third-order valence-corrected chi connectivity index (χ3v) is 3.97. The quantitative estimate of drug-likeness (QED) is 0.847. The molecule has 0 radical (unpaired) electrons. The Balaban J connectivity index is 1.93. The number of rotatable bonds is 5. The molecule has 0 saturated carbocycles. The Labute approximate surface area is 119 Å². The van der Waals surface area contributed by atoms with Crippen molar-refractivity contribution in [3.63, 3.8) is 0 Å². The van der Waals surface area contributed by atoms with Crippen molar-refractivity contribution in [1.29, 1.82) is 0 Å². The van der Waals surface area contributed by atoms with Crippen LogP contribution in [0.5, 0.6) is 0 Å². The Morgan fingerprint density at radius 1 is 1.50 bits per heavy atom. The van der Waals surface area contributed by atoms with Gasteiger partial charge in [0.25, 0.3) is 0 Å². The van der Waals surface area contributed by atoms with Crippen LogP contribution in [0, 0.1) is 0 Å². The summed E-state index contributed by atoms with van der Waals surface area (Å²) in [5.74, 6) is 1.72. The zero-order chi connectivity index (χ0) is 13.8. The lowest BCUT2D eigenvalue weighted by atomic mass is 9.99. The van der Waals surface area contributed by atoms with Gasteiger partial charge in [-0.3, -0.25) is 4.98 Å². The molecule has 1 saturated heterocycles. The van der Waals surface area contributed by atoms with Crippen molar-refractivity contribution in [2.45, 2.75) is 31.7 Å². The molecule has 0 unspecified atom stereocenters. The van der Waals surface area contributed by atoms with Crippen LogP contribution in [-0.2, 0) is 11.3 Å². The van der Waals surface area contributed by atoms with Crippen LogP contribution >= 0.6 is 0 Å². The second-order valence-electron chi connectivity index (χ2n) is 5.38. The molecule has 5 heteroatoms. The largest absolute Gasteiger partial charge is 0.385 e. The Morgan fingerprint density at radius 3 is 3.25 bits per heavy atom. The number of methoxy groups -OCH3 is 1. The average molecular weight is 274 g/mol. The number of aromatic nitrogens is 3. The summed E-state index contributed by atoms with van der Waals surface area (Å²) >= 11 is 0. The summed E-state index contributed by atoms with van der Waals surface area (Å²) in [6, 6.07) is 2.00. The Morgan fingerprint density at radius 2 is 2.45 bits per heavy atom. The van der Waals surface area contributed by atoms with Crippen LogP contribution < -0.4 is 5.32 Å². The van der Waals surface area contributed by atoms with E-state index in [2.05, 4.69) is 14.9 Å². The molecule has 2 aromatic rings. The lowest BCUT2D eigenvalue weighted by Gasteiger charge is -2.23. The van der Waals surface area contributed by atoms with Crippen LogP contribution in [0.3, 0.4) is 0 Å². The maximum absolute atomic E-state index is 5.18. The summed E-state index contributed by atoms with van der Waals surface area (Å²) in [5.41, 5.74) is 2.20. The van der Waals surface area contributed by atoms with E-state index in [4.69, 9.17) is 9.72 Å². The van der Waals surface area contributed by atoms with Gasteiger partial charge in [0, 0.05) is 38.9 Å². The zero-order valence-electron chi connectivity index (χ0n) is 12.0. The van der Waals surface area contributed by atoms with E-state index in [1.54, 1.807) is 7.11 Å². The number of hydrogen-bond acceptors (Lipinski definition) is 4. The molecular weight excluding hydrogens is 252 g/mol. The summed E-state index contributed by atoms with van der Waals surface area (Å²) in [7, 11) is 1.75. The smallest absolute Gasteiger partial charge is 0.114 e. The third kappa shape index (κ3) is 2.69. The number of fused-ring (bicyclic) bond motifs is 1. The summed E-state index contributed by atoms with van der Waals surface area (Å²) in [6.07, 6.45) is 7.19. The van der Waals surface area contributed by atoms with E-state index in [0.717, 1.165) is 43.7 Å². The van der Waals surface area contributed by atoms with Crippen molar-refractivity contribution in [1.82, 2.24) is 19.9 Å². The minimum Gasteiger partial charge on any atom is -0.385 e. The highest BCUT2D eigenvalue weighted by molar-refractivity contribution is 5.74. The van der Waals surface area contributed by atoms with Crippen LogP contribution in [0.2, 0.25) is 0 Å². The predicted molar refractivity (Wildman–Crippen MR) is 78.9 cm³/mol. The zero-order valence-corrected chi connectivity index (χ0v) is 12.0. The molecular formula is C15H22N4O. The molecule has 3 rings (SSSR count). The topological polar surface area (TPSA) is 52.0 Å². The van der Waals surface area contributed by atoms with E-state index in [1.807, 2.05) is 18.5 Å². The lowest BCUT2D eigenvalue weighted by molar-refractivity contribution is 0.190. The number of nitrogens with zero attached hydrogens (tertiary/aromatic N) is 3. The molecule has 1 atom stereocenters. The molecule has 0 spiro atoms. The molecule has 1 aliphatic heterocycles. The highest BCUT2D eigenvalue weighted by atomic mass is 16.5. The molecule has 20 heavy (non-hydrogen) atoms. The van der Waals surface area contributed by atoms with Gasteiger partial charge in [-0.05, 0) is 31.9 Å². The fourth-order valence-corrected chi connectivity index (χ4v) is 2.97. The van der Waals surface area contributed by atoms with Crippen molar-refractivity contribution in [2.75, 3.05) is 26.8 Å². The second-order valence-corrected chi connectivity index (χ2v) is 5.38. The first-order chi connectivity index (χ1) is 9.90. The van der Waals surface area contributed by atoms with Gasteiger partial charge in [0.1, 0.15) is 5.82 Å². The molecule has 0 aliphatic carbocycles. The second kappa shape index (κ2) is 6.33. The van der Waals surface area contributed by atoms with Crippen molar-refractivity contribution in [3.05, 3.63) is 24.3 Å². The summed E-state index contributed by atoms with van der Waals surface area (Å²) in [5, 5.41) is 3.48. The Hall–Kier alpha value is -1.46. The molecule has 5 nitrogen and oxygen atoms in total. The molecule has 108 valence electrons. The van der Waals surface area contributed by atoms with Gasteiger partial charge in [-0.25, -0.2) is 4.98 Å². The third-order valence-electron chi connectivity index (χ3n) is 3.97. The normalized spacial score (nSPS) is 19.6. The summed E-state index contributed by atoms with van der Waals surface area (Å²) in [4.78, 5) is 9.11. The van der Waals surface area contributed by atoms with E-state index in [0.29, 0.717) is 5.92 Å². The van der Waals surface area contributed by atoms with Gasteiger partial charge in [-0.15, -0.1) is 0 Å². The van der Waals surface area contributed by atoms with Crippen molar-refractivity contribution in [3.8, 4) is 0 Å². The van der Waals surface area contributed by atoms with Crippen LogP contribution in [0.25, 0.3) is 11.0 Å². The fraction of sp³-hybridized carbons (Fsp3) is 0.600. The fourth-order valence-electron chi connectivity index (χ4n) is 2.97. The number of piperidine rings is 1. The van der Waals surface area contributed by atoms with Crippen LogP contribution in [0.15, 0.2) is 18.5 Å². The van der Waals surface area contributed by atoms with Gasteiger partial charge in [-0.2, -0.15) is 0 Å². The molecule has 1 fully saturated rings. The first-order valence-electron chi connectivity index (χ1n) is 7.40. The number of pyridine rings is 1. The summed E-state index contributed by atoms with van der Waals surface area (Å²) < 4.78 is 7.51. The maximum Gasteiger partial charge on any atom is 0.114 e. The standard InChI is InChI=1S/C15H22N4O/c1-20-9-3-8-19-14-11-17-7-5-13(14)18-15(19)12-4-2-6-16-10-12/h5,7,11-12,16H,2-4,6,8-10H2,1H3/t12-/m1/s1. The molecule has 0 amide bonds. The van der Waals surface area contributed by atoms with E-state index < -0.39 is 0 Å². The van der Waals surface area contributed by atoms with Crippen molar-refractivity contribution >= 4 is 11.0 Å². The SMILES string of the molecule is COCCCn1c([C@@H]2CCCNC2)nc2ccncc21. The van der Waals surface area contributed by atoms with Gasteiger partial charge in [0.2, 0.25) is 0 Å². The Bertz CT molecular complexity index is 560. The Kier molecular flexibility index (Phi) is 4.28. The van der Waals surface area contributed by atoms with Gasteiger partial charge < -0.3 is 14.6 Å². The molecule has 2 aromatic heterocycles. The van der Waals surface area contributed by atoms with Gasteiger partial charge in [-0.1, -0.05) is 0 Å². The molecule has 0 aromatic carbocycles. The highest BCUT2D eigenvalue weighted by Gasteiger charge is 2.22. The van der Waals surface area contributed by atoms with Crippen LogP contribution in [0.1, 0.15) is 31.0 Å². The first kappa shape index (κ1) is 13.5. The van der Waals surface area contributed by atoms with Gasteiger partial charge in [0.05, 0.1) is 17.2 Å². The van der Waals surface area contributed by atoms with Gasteiger partial charge >= 0.3 is 0 Å². The van der Waals surface area contributed by atoms with E-state index in [9.17, 15) is 0 Å². The molecule has 1 aliphatic rings. The van der Waals surface area contributed by atoms with Crippen LogP contribution in [-0.4, -0.2) is 41.3 Å². The highest BCUT2D eigenvalue weighted by Crippen LogP contribution is 2.26. The molecule has 3 heterocycles. The van der Waals surface area contributed by atoms with E-state index in [-0.39, 0.29) is 0 Å². The van der Waals surface area contributed by atoms with Crippen molar-refractivity contribution < 1.29 is 4.74 Å². The number of hydrogen-bond donors (Lipinski definition) is 1. The maximum atomic E-state index is 5.18. The first-order valence-corrected chi connectivity index (χ1v) is 7.40. The monoisotopic (exact) mass is 274 g/mol. The number of ether oxygens (including phenoxy) is 1. The lowest BCUT2D eigenvalue weighted by Crippen LogP contribution is -2.30. The minimum absolute atomic E-state index is 0.513. The number of imidazole rings is 1. The van der Waals surface area contributed by atoms with Crippen molar-refractivity contribution in [2.24, 2.45) is 0 Å². The predicted octanol–water partition coefficient (Wildman–Crippen LogP) is 1.93.